The highest BCUT2D eigenvalue weighted by Gasteiger charge is 2.24. The van der Waals surface area contributed by atoms with Crippen LogP contribution in [-0.2, 0) is 4.79 Å². The maximum absolute atomic E-state index is 10.8. The zero-order chi connectivity index (χ0) is 12.1. The quantitative estimate of drug-likeness (QED) is 0.766. The van der Waals surface area contributed by atoms with Gasteiger partial charge in [0, 0.05) is 26.2 Å². The molecule has 1 aliphatic rings. The van der Waals surface area contributed by atoms with Crippen LogP contribution in [0.2, 0.25) is 0 Å². The van der Waals surface area contributed by atoms with Crippen LogP contribution in [0.4, 0.5) is 0 Å². The van der Waals surface area contributed by atoms with Gasteiger partial charge < -0.3 is 10.0 Å². The van der Waals surface area contributed by atoms with Gasteiger partial charge in [0.05, 0.1) is 0 Å². The Balaban J connectivity index is 2.25. The van der Waals surface area contributed by atoms with Crippen molar-refractivity contribution in [2.24, 2.45) is 5.92 Å². The molecule has 4 heteroatoms. The number of carboxylic acids is 1. The second kappa shape index (κ2) is 6.21. The number of hydrogen-bond donors (Lipinski definition) is 1. The molecule has 94 valence electrons. The van der Waals surface area contributed by atoms with E-state index in [-0.39, 0.29) is 6.04 Å². The van der Waals surface area contributed by atoms with Crippen molar-refractivity contribution in [3.8, 4) is 0 Å². The number of carboxylic acid groups (broad SMARTS) is 1. The zero-order valence-electron chi connectivity index (χ0n) is 10.6. The van der Waals surface area contributed by atoms with Crippen molar-refractivity contribution in [1.82, 2.24) is 9.80 Å². The molecule has 0 aromatic carbocycles. The highest BCUT2D eigenvalue weighted by Crippen LogP contribution is 2.09. The molecule has 1 fully saturated rings. The van der Waals surface area contributed by atoms with Gasteiger partial charge in [-0.2, -0.15) is 0 Å². The van der Waals surface area contributed by atoms with Crippen molar-refractivity contribution in [1.29, 1.82) is 0 Å². The zero-order valence-corrected chi connectivity index (χ0v) is 10.6. The van der Waals surface area contributed by atoms with Crippen molar-refractivity contribution >= 4 is 5.97 Å². The van der Waals surface area contributed by atoms with Crippen molar-refractivity contribution in [2.75, 3.05) is 32.7 Å². The lowest BCUT2D eigenvalue weighted by atomic mass is 10.1. The molecule has 4 nitrogen and oxygen atoms in total. The molecule has 0 aromatic rings. The minimum atomic E-state index is -0.712. The predicted molar refractivity (Wildman–Crippen MR) is 64.6 cm³/mol. The van der Waals surface area contributed by atoms with E-state index in [0.717, 1.165) is 38.6 Å². The van der Waals surface area contributed by atoms with Gasteiger partial charge in [-0.15, -0.1) is 0 Å². The molecule has 1 rings (SSSR count). The lowest BCUT2D eigenvalue weighted by molar-refractivity contribution is -0.143. The van der Waals surface area contributed by atoms with E-state index in [0.29, 0.717) is 0 Å². The average Bonchev–Trinajstić information content (AvgIpc) is 2.26. The van der Waals surface area contributed by atoms with E-state index >= 15 is 0 Å². The van der Waals surface area contributed by atoms with Gasteiger partial charge >= 0.3 is 5.97 Å². The molecule has 16 heavy (non-hydrogen) atoms. The first kappa shape index (κ1) is 13.5. The van der Waals surface area contributed by atoms with Gasteiger partial charge in [0.15, 0.2) is 0 Å². The molecule has 0 amide bonds. The average molecular weight is 228 g/mol. The molecule has 1 aliphatic heterocycles. The summed E-state index contributed by atoms with van der Waals surface area (Å²) in [5.74, 6) is 0.0339. The normalized spacial score (nSPS) is 21.2. The number of hydrogen-bond acceptors (Lipinski definition) is 3. The Hall–Kier alpha value is -0.610. The number of carbonyl (C=O) groups is 1. The number of aliphatic carboxylic acids is 1. The molecule has 0 radical (unpaired) electrons. The second-order valence-electron chi connectivity index (χ2n) is 5.07. The highest BCUT2D eigenvalue weighted by molar-refractivity contribution is 5.72. The van der Waals surface area contributed by atoms with E-state index in [9.17, 15) is 4.79 Å². The van der Waals surface area contributed by atoms with Gasteiger partial charge in [-0.1, -0.05) is 13.8 Å². The molecule has 1 heterocycles. The molecule has 0 spiro atoms. The molecule has 0 aliphatic carbocycles. The van der Waals surface area contributed by atoms with Crippen LogP contribution in [0, 0.1) is 5.92 Å². The lowest BCUT2D eigenvalue weighted by Crippen LogP contribution is -2.51. The summed E-state index contributed by atoms with van der Waals surface area (Å²) in [7, 11) is 0. The minimum absolute atomic E-state index is 0.341. The van der Waals surface area contributed by atoms with E-state index in [2.05, 4.69) is 18.7 Å². The van der Waals surface area contributed by atoms with Crippen LogP contribution >= 0.6 is 0 Å². The van der Waals surface area contributed by atoms with Gasteiger partial charge in [0.25, 0.3) is 0 Å². The maximum Gasteiger partial charge on any atom is 0.320 e. The molecule has 0 saturated carbocycles. The first-order chi connectivity index (χ1) is 7.50. The molecule has 1 saturated heterocycles. The van der Waals surface area contributed by atoms with E-state index in [1.807, 2.05) is 4.90 Å². The second-order valence-corrected chi connectivity index (χ2v) is 5.07. The van der Waals surface area contributed by atoms with Gasteiger partial charge in [-0.3, -0.25) is 9.69 Å². The third kappa shape index (κ3) is 4.10. The topological polar surface area (TPSA) is 43.8 Å². The van der Waals surface area contributed by atoms with E-state index in [1.54, 1.807) is 6.92 Å². The first-order valence-corrected chi connectivity index (χ1v) is 6.20. The SMILES string of the molecule is CC(C)CCN1CCN(C(C)C(=O)O)CC1. The van der Waals surface area contributed by atoms with Crippen LogP contribution in [0.15, 0.2) is 0 Å². The summed E-state index contributed by atoms with van der Waals surface area (Å²) in [6, 6.07) is -0.341. The fraction of sp³-hybridized carbons (Fsp3) is 0.917. The Morgan fingerprint density at radius 1 is 1.19 bits per heavy atom. The molecule has 0 aromatic heterocycles. The van der Waals surface area contributed by atoms with Gasteiger partial charge in [0.1, 0.15) is 6.04 Å². The third-order valence-corrected chi connectivity index (χ3v) is 3.33. The van der Waals surface area contributed by atoms with E-state index in [4.69, 9.17) is 5.11 Å². The first-order valence-electron chi connectivity index (χ1n) is 6.20. The largest absolute Gasteiger partial charge is 0.480 e. The summed E-state index contributed by atoms with van der Waals surface area (Å²) in [6.45, 7) is 11.2. The third-order valence-electron chi connectivity index (χ3n) is 3.33. The van der Waals surface area contributed by atoms with Gasteiger partial charge in [-0.25, -0.2) is 0 Å². The summed E-state index contributed by atoms with van der Waals surface area (Å²) >= 11 is 0. The molecule has 1 N–H and O–H groups in total. The molecule has 0 bridgehead atoms. The van der Waals surface area contributed by atoms with Gasteiger partial charge in [0.2, 0.25) is 0 Å². The van der Waals surface area contributed by atoms with Crippen LogP contribution in [0.25, 0.3) is 0 Å². The van der Waals surface area contributed by atoms with Crippen LogP contribution in [0.5, 0.6) is 0 Å². The van der Waals surface area contributed by atoms with Crippen molar-refractivity contribution in [3.63, 3.8) is 0 Å². The predicted octanol–water partition coefficient (Wildman–Crippen LogP) is 1.12. The standard InChI is InChI=1S/C12H24N2O2/c1-10(2)4-5-13-6-8-14(9-7-13)11(3)12(15)16/h10-11H,4-9H2,1-3H3,(H,15,16). The highest BCUT2D eigenvalue weighted by atomic mass is 16.4. The Morgan fingerprint density at radius 3 is 2.19 bits per heavy atom. The fourth-order valence-corrected chi connectivity index (χ4v) is 1.97. The Kier molecular flexibility index (Phi) is 5.22. The summed E-state index contributed by atoms with van der Waals surface area (Å²) in [5.41, 5.74) is 0. The molecular weight excluding hydrogens is 204 g/mol. The van der Waals surface area contributed by atoms with Gasteiger partial charge in [-0.05, 0) is 25.8 Å². The monoisotopic (exact) mass is 228 g/mol. The smallest absolute Gasteiger partial charge is 0.320 e. The Morgan fingerprint density at radius 2 is 1.75 bits per heavy atom. The lowest BCUT2D eigenvalue weighted by Gasteiger charge is -2.36. The van der Waals surface area contributed by atoms with Crippen LogP contribution in [0.3, 0.4) is 0 Å². The fourth-order valence-electron chi connectivity index (χ4n) is 1.97. The number of rotatable bonds is 5. The summed E-state index contributed by atoms with van der Waals surface area (Å²) < 4.78 is 0. The minimum Gasteiger partial charge on any atom is -0.480 e. The molecule has 1 atom stereocenters. The van der Waals surface area contributed by atoms with Crippen LogP contribution in [0.1, 0.15) is 27.2 Å². The summed E-state index contributed by atoms with van der Waals surface area (Å²) in [6.07, 6.45) is 1.23. The number of piperazine rings is 1. The maximum atomic E-state index is 10.8. The Bertz CT molecular complexity index is 223. The van der Waals surface area contributed by atoms with Crippen molar-refractivity contribution in [3.05, 3.63) is 0 Å². The number of nitrogens with zero attached hydrogens (tertiary/aromatic N) is 2. The molecule has 1 unspecified atom stereocenters. The molecular formula is C12H24N2O2. The van der Waals surface area contributed by atoms with Crippen molar-refractivity contribution in [2.45, 2.75) is 33.2 Å². The summed E-state index contributed by atoms with van der Waals surface area (Å²) in [4.78, 5) is 15.3. The van der Waals surface area contributed by atoms with E-state index in [1.165, 1.54) is 6.42 Å². The summed E-state index contributed by atoms with van der Waals surface area (Å²) in [5, 5.41) is 8.92. The van der Waals surface area contributed by atoms with E-state index < -0.39 is 5.97 Å². The Labute approximate surface area is 98.2 Å². The van der Waals surface area contributed by atoms with Crippen LogP contribution < -0.4 is 0 Å². The van der Waals surface area contributed by atoms with Crippen LogP contribution in [-0.4, -0.2) is 59.6 Å². The van der Waals surface area contributed by atoms with Crippen molar-refractivity contribution < 1.29 is 9.90 Å².